The standard InChI is InChI=1S/C19H26N4O2/c1-14-12-18(23(2)22-14)21-19(24)20-16-10-6-7-11-17(16)25-13-15-8-4-3-5-9-15/h3-5,8-9,12,16-17H,6-7,10-11,13H2,1-2H3,(H2,20,21,24)/t16-,17-/m0/s1. The molecule has 0 bridgehead atoms. The smallest absolute Gasteiger partial charge is 0.320 e. The Balaban J connectivity index is 1.55. The molecule has 0 aliphatic heterocycles. The zero-order valence-electron chi connectivity index (χ0n) is 14.9. The minimum absolute atomic E-state index is 0.0341. The van der Waals surface area contributed by atoms with Gasteiger partial charge in [-0.1, -0.05) is 43.2 Å². The van der Waals surface area contributed by atoms with E-state index in [1.165, 1.54) is 0 Å². The molecule has 1 fully saturated rings. The van der Waals surface area contributed by atoms with Crippen LogP contribution in [0.4, 0.5) is 10.6 Å². The summed E-state index contributed by atoms with van der Waals surface area (Å²) in [6.07, 6.45) is 4.22. The highest BCUT2D eigenvalue weighted by atomic mass is 16.5. The molecule has 6 nitrogen and oxygen atoms in total. The number of urea groups is 1. The summed E-state index contributed by atoms with van der Waals surface area (Å²) in [5.74, 6) is 0.688. The van der Waals surface area contributed by atoms with Gasteiger partial charge in [-0.3, -0.25) is 10.00 Å². The number of ether oxygens (including phenoxy) is 1. The van der Waals surface area contributed by atoms with Crippen molar-refractivity contribution >= 4 is 11.8 Å². The average Bonchev–Trinajstić information content (AvgIpc) is 2.92. The van der Waals surface area contributed by atoms with Crippen molar-refractivity contribution < 1.29 is 9.53 Å². The van der Waals surface area contributed by atoms with Crippen molar-refractivity contribution in [1.29, 1.82) is 0 Å². The maximum atomic E-state index is 12.3. The molecule has 2 atom stereocenters. The van der Waals surface area contributed by atoms with E-state index in [-0.39, 0.29) is 18.2 Å². The molecule has 0 unspecified atom stereocenters. The first-order valence-corrected chi connectivity index (χ1v) is 8.85. The number of nitrogens with one attached hydrogen (secondary N) is 2. The van der Waals surface area contributed by atoms with Crippen molar-refractivity contribution in [2.75, 3.05) is 5.32 Å². The number of anilines is 1. The molecule has 25 heavy (non-hydrogen) atoms. The van der Waals surface area contributed by atoms with E-state index < -0.39 is 0 Å². The fourth-order valence-corrected chi connectivity index (χ4v) is 3.29. The number of aryl methyl sites for hydroxylation is 2. The molecule has 1 aliphatic rings. The van der Waals surface area contributed by atoms with E-state index in [0.717, 1.165) is 36.9 Å². The molecule has 0 saturated heterocycles. The number of carbonyl (C=O) groups is 1. The number of hydrogen-bond donors (Lipinski definition) is 2. The third kappa shape index (κ3) is 4.82. The predicted octanol–water partition coefficient (Wildman–Crippen LogP) is 3.38. The normalized spacial score (nSPS) is 20.2. The van der Waals surface area contributed by atoms with Crippen LogP contribution in [0.15, 0.2) is 36.4 Å². The first-order chi connectivity index (χ1) is 12.1. The lowest BCUT2D eigenvalue weighted by atomic mass is 9.92. The second-order valence-electron chi connectivity index (χ2n) is 6.62. The zero-order chi connectivity index (χ0) is 17.6. The third-order valence-electron chi connectivity index (χ3n) is 4.57. The highest BCUT2D eigenvalue weighted by Gasteiger charge is 2.27. The third-order valence-corrected chi connectivity index (χ3v) is 4.57. The Hall–Kier alpha value is -2.34. The van der Waals surface area contributed by atoms with Crippen LogP contribution in [0.25, 0.3) is 0 Å². The van der Waals surface area contributed by atoms with Gasteiger partial charge in [0.2, 0.25) is 0 Å². The number of benzene rings is 1. The summed E-state index contributed by atoms with van der Waals surface area (Å²) >= 11 is 0. The Bertz CT molecular complexity index is 699. The van der Waals surface area contributed by atoms with Crippen molar-refractivity contribution in [3.8, 4) is 0 Å². The van der Waals surface area contributed by atoms with Gasteiger partial charge in [-0.25, -0.2) is 4.79 Å². The van der Waals surface area contributed by atoms with Crippen LogP contribution >= 0.6 is 0 Å². The molecule has 1 aromatic heterocycles. The van der Waals surface area contributed by atoms with Gasteiger partial charge in [0.25, 0.3) is 0 Å². The molecular weight excluding hydrogens is 316 g/mol. The van der Waals surface area contributed by atoms with Crippen LogP contribution in [-0.2, 0) is 18.4 Å². The van der Waals surface area contributed by atoms with Gasteiger partial charge < -0.3 is 10.1 Å². The molecule has 2 amide bonds. The van der Waals surface area contributed by atoms with Crippen LogP contribution in [-0.4, -0.2) is 28.0 Å². The van der Waals surface area contributed by atoms with Crippen LogP contribution in [0.2, 0.25) is 0 Å². The van der Waals surface area contributed by atoms with Gasteiger partial charge in [0.05, 0.1) is 24.4 Å². The van der Waals surface area contributed by atoms with Crippen molar-refractivity contribution in [3.05, 3.63) is 47.7 Å². The van der Waals surface area contributed by atoms with Crippen molar-refractivity contribution in [1.82, 2.24) is 15.1 Å². The molecule has 134 valence electrons. The van der Waals surface area contributed by atoms with Crippen LogP contribution in [0.3, 0.4) is 0 Å². The van der Waals surface area contributed by atoms with Crippen LogP contribution < -0.4 is 10.6 Å². The summed E-state index contributed by atoms with van der Waals surface area (Å²) in [7, 11) is 1.81. The van der Waals surface area contributed by atoms with Crippen molar-refractivity contribution in [3.63, 3.8) is 0 Å². The van der Waals surface area contributed by atoms with E-state index in [9.17, 15) is 4.79 Å². The topological polar surface area (TPSA) is 68.2 Å². The van der Waals surface area contributed by atoms with E-state index in [1.807, 2.05) is 38.2 Å². The Kier molecular flexibility index (Phi) is 5.71. The number of nitrogens with zero attached hydrogens (tertiary/aromatic N) is 2. The van der Waals surface area contributed by atoms with E-state index >= 15 is 0 Å². The van der Waals surface area contributed by atoms with E-state index in [2.05, 4.69) is 27.9 Å². The molecule has 0 radical (unpaired) electrons. The van der Waals surface area contributed by atoms with Crippen LogP contribution in [0.1, 0.15) is 36.9 Å². The largest absolute Gasteiger partial charge is 0.371 e. The van der Waals surface area contributed by atoms with Crippen LogP contribution in [0.5, 0.6) is 0 Å². The SMILES string of the molecule is Cc1cc(NC(=O)N[C@H]2CCCC[C@@H]2OCc2ccccc2)n(C)n1. The van der Waals surface area contributed by atoms with Crippen molar-refractivity contribution in [2.24, 2.45) is 7.05 Å². The predicted molar refractivity (Wildman–Crippen MR) is 97.4 cm³/mol. The van der Waals surface area contributed by atoms with Gasteiger partial charge in [0.1, 0.15) is 5.82 Å². The number of carbonyl (C=O) groups excluding carboxylic acids is 1. The van der Waals surface area contributed by atoms with Gasteiger partial charge in [-0.15, -0.1) is 0 Å². The molecular formula is C19H26N4O2. The van der Waals surface area contributed by atoms with E-state index in [1.54, 1.807) is 4.68 Å². The maximum Gasteiger partial charge on any atom is 0.320 e. The lowest BCUT2D eigenvalue weighted by Gasteiger charge is -2.32. The minimum atomic E-state index is -0.205. The molecule has 1 saturated carbocycles. The highest BCUT2D eigenvalue weighted by molar-refractivity contribution is 5.88. The lowest BCUT2D eigenvalue weighted by molar-refractivity contribution is -0.00224. The fourth-order valence-electron chi connectivity index (χ4n) is 3.29. The fraction of sp³-hybridized carbons (Fsp3) is 0.474. The second-order valence-corrected chi connectivity index (χ2v) is 6.62. The summed E-state index contributed by atoms with van der Waals surface area (Å²) in [6.45, 7) is 2.48. The summed E-state index contributed by atoms with van der Waals surface area (Å²) in [6, 6.07) is 11.8. The quantitative estimate of drug-likeness (QED) is 0.875. The molecule has 1 aromatic carbocycles. The molecule has 0 spiro atoms. The minimum Gasteiger partial charge on any atom is -0.371 e. The first-order valence-electron chi connectivity index (χ1n) is 8.85. The van der Waals surface area contributed by atoms with E-state index in [0.29, 0.717) is 12.4 Å². The van der Waals surface area contributed by atoms with Crippen molar-refractivity contribution in [2.45, 2.75) is 51.4 Å². The number of amides is 2. The Morgan fingerprint density at radius 2 is 2.04 bits per heavy atom. The van der Waals surface area contributed by atoms with Gasteiger partial charge in [-0.05, 0) is 25.3 Å². The molecule has 3 rings (SSSR count). The maximum absolute atomic E-state index is 12.3. The first kappa shape index (κ1) is 17.5. The molecule has 1 aliphatic carbocycles. The van der Waals surface area contributed by atoms with Gasteiger partial charge in [-0.2, -0.15) is 5.10 Å². The number of aromatic nitrogens is 2. The highest BCUT2D eigenvalue weighted by Crippen LogP contribution is 2.22. The lowest BCUT2D eigenvalue weighted by Crippen LogP contribution is -2.47. The van der Waals surface area contributed by atoms with Gasteiger partial charge >= 0.3 is 6.03 Å². The van der Waals surface area contributed by atoms with Gasteiger partial charge in [0, 0.05) is 13.1 Å². The summed E-state index contributed by atoms with van der Waals surface area (Å²) in [4.78, 5) is 12.3. The number of hydrogen-bond acceptors (Lipinski definition) is 3. The Morgan fingerprint density at radius 1 is 1.28 bits per heavy atom. The van der Waals surface area contributed by atoms with E-state index in [4.69, 9.17) is 4.74 Å². The Morgan fingerprint density at radius 3 is 2.76 bits per heavy atom. The summed E-state index contributed by atoms with van der Waals surface area (Å²) < 4.78 is 7.77. The average molecular weight is 342 g/mol. The molecule has 2 N–H and O–H groups in total. The number of rotatable bonds is 5. The monoisotopic (exact) mass is 342 g/mol. The molecule has 1 heterocycles. The molecule has 2 aromatic rings. The van der Waals surface area contributed by atoms with Crippen LogP contribution in [0, 0.1) is 6.92 Å². The Labute approximate surface area is 148 Å². The summed E-state index contributed by atoms with van der Waals surface area (Å²) in [5, 5.41) is 10.2. The van der Waals surface area contributed by atoms with Gasteiger partial charge in [0.15, 0.2) is 0 Å². The second kappa shape index (κ2) is 8.16. The molecule has 6 heteroatoms. The zero-order valence-corrected chi connectivity index (χ0v) is 14.9. The summed E-state index contributed by atoms with van der Waals surface area (Å²) in [5.41, 5.74) is 2.03.